The van der Waals surface area contributed by atoms with E-state index in [1.807, 2.05) is 6.92 Å². The van der Waals surface area contributed by atoms with Gasteiger partial charge in [0.15, 0.2) is 0 Å². The zero-order valence-electron chi connectivity index (χ0n) is 9.73. The van der Waals surface area contributed by atoms with E-state index in [4.69, 9.17) is 20.9 Å². The van der Waals surface area contributed by atoms with Crippen LogP contribution in [0.15, 0.2) is 12.1 Å². The molecular weight excluding hydrogens is 220 g/mol. The number of anilines is 2. The first-order chi connectivity index (χ1) is 8.08. The Morgan fingerprint density at radius 3 is 2.88 bits per heavy atom. The lowest BCUT2D eigenvalue weighted by Gasteiger charge is -2.13. The summed E-state index contributed by atoms with van der Waals surface area (Å²) in [6.07, 6.45) is 0.552. The summed E-state index contributed by atoms with van der Waals surface area (Å²) in [5.41, 5.74) is 13.4. The van der Waals surface area contributed by atoms with Gasteiger partial charge in [-0.25, -0.2) is 4.79 Å². The molecule has 1 aromatic carbocycles. The van der Waals surface area contributed by atoms with Crippen LogP contribution in [0.1, 0.15) is 22.3 Å². The summed E-state index contributed by atoms with van der Waals surface area (Å²) >= 11 is 0. The van der Waals surface area contributed by atoms with Crippen LogP contribution in [0.2, 0.25) is 0 Å². The van der Waals surface area contributed by atoms with Gasteiger partial charge in [0.1, 0.15) is 6.10 Å². The average Bonchev–Trinajstić information content (AvgIpc) is 2.76. The lowest BCUT2D eigenvalue weighted by atomic mass is 10.1. The highest BCUT2D eigenvalue weighted by Gasteiger charge is 2.22. The molecule has 1 aromatic rings. The van der Waals surface area contributed by atoms with Gasteiger partial charge >= 0.3 is 5.97 Å². The molecule has 0 aliphatic carbocycles. The lowest BCUT2D eigenvalue weighted by molar-refractivity contribution is 0.0272. The number of rotatable bonds is 2. The Morgan fingerprint density at radius 1 is 1.47 bits per heavy atom. The van der Waals surface area contributed by atoms with Crippen LogP contribution in [0.4, 0.5) is 11.4 Å². The maximum Gasteiger partial charge on any atom is 0.340 e. The number of benzene rings is 1. The van der Waals surface area contributed by atoms with Gasteiger partial charge in [-0.3, -0.25) is 0 Å². The molecule has 1 aliphatic rings. The van der Waals surface area contributed by atoms with Gasteiger partial charge in [-0.1, -0.05) is 0 Å². The number of hydrogen-bond acceptors (Lipinski definition) is 5. The molecule has 1 heterocycles. The minimum absolute atomic E-state index is 0.177. The molecule has 4 N–H and O–H groups in total. The molecule has 1 aliphatic heterocycles. The van der Waals surface area contributed by atoms with Crippen LogP contribution >= 0.6 is 0 Å². The summed E-state index contributed by atoms with van der Waals surface area (Å²) in [4.78, 5) is 11.9. The number of esters is 1. The summed E-state index contributed by atoms with van der Waals surface area (Å²) in [7, 11) is 0. The van der Waals surface area contributed by atoms with Crippen LogP contribution < -0.4 is 11.5 Å². The highest BCUT2D eigenvalue weighted by molar-refractivity contribution is 5.98. The van der Waals surface area contributed by atoms with Gasteiger partial charge in [0, 0.05) is 6.42 Å². The van der Waals surface area contributed by atoms with Gasteiger partial charge in [0.2, 0.25) is 0 Å². The molecule has 1 unspecified atom stereocenters. The van der Waals surface area contributed by atoms with E-state index in [-0.39, 0.29) is 11.8 Å². The van der Waals surface area contributed by atoms with Crippen LogP contribution in [-0.4, -0.2) is 25.3 Å². The van der Waals surface area contributed by atoms with Crippen LogP contribution in [0.3, 0.4) is 0 Å². The maximum atomic E-state index is 11.9. The number of nitrogens with two attached hydrogens (primary N) is 2. The Balaban J connectivity index is 2.18. The fourth-order valence-electron chi connectivity index (χ4n) is 1.82. The van der Waals surface area contributed by atoms with Crippen molar-refractivity contribution in [2.75, 3.05) is 24.7 Å². The standard InChI is InChI=1S/C12H16N2O3/c1-7-4-9(11(14)10(13)5-7)12(15)17-8-2-3-16-6-8/h4-5,8H,2-3,6,13-14H2,1H3. The average molecular weight is 236 g/mol. The van der Waals surface area contributed by atoms with Crippen molar-refractivity contribution in [3.63, 3.8) is 0 Å². The highest BCUT2D eigenvalue weighted by atomic mass is 16.6. The van der Waals surface area contributed by atoms with Crippen molar-refractivity contribution in [3.8, 4) is 0 Å². The number of carbonyl (C=O) groups is 1. The minimum Gasteiger partial charge on any atom is -0.456 e. The number of carbonyl (C=O) groups excluding carboxylic acids is 1. The first-order valence-corrected chi connectivity index (χ1v) is 5.52. The van der Waals surface area contributed by atoms with E-state index in [2.05, 4.69) is 0 Å². The van der Waals surface area contributed by atoms with E-state index in [0.717, 1.165) is 12.0 Å². The van der Waals surface area contributed by atoms with Crippen LogP contribution in [0, 0.1) is 6.92 Å². The molecular formula is C12H16N2O3. The Morgan fingerprint density at radius 2 is 2.24 bits per heavy atom. The first kappa shape index (κ1) is 11.7. The lowest BCUT2D eigenvalue weighted by Crippen LogP contribution is -2.19. The zero-order valence-corrected chi connectivity index (χ0v) is 9.73. The van der Waals surface area contributed by atoms with Gasteiger partial charge in [-0.05, 0) is 24.6 Å². The second-order valence-corrected chi connectivity index (χ2v) is 4.21. The molecule has 0 amide bonds. The van der Waals surface area contributed by atoms with E-state index in [1.54, 1.807) is 12.1 Å². The Hall–Kier alpha value is -1.75. The molecule has 1 saturated heterocycles. The predicted octanol–water partition coefficient (Wildman–Crippen LogP) is 1.11. The molecule has 0 bridgehead atoms. The number of hydrogen-bond donors (Lipinski definition) is 2. The van der Waals surface area contributed by atoms with Crippen molar-refractivity contribution in [1.82, 2.24) is 0 Å². The quantitative estimate of drug-likeness (QED) is 0.593. The van der Waals surface area contributed by atoms with E-state index in [9.17, 15) is 4.79 Å². The van der Waals surface area contributed by atoms with E-state index < -0.39 is 5.97 Å². The normalized spacial score (nSPS) is 19.2. The van der Waals surface area contributed by atoms with Crippen molar-refractivity contribution in [2.45, 2.75) is 19.4 Å². The molecule has 17 heavy (non-hydrogen) atoms. The van der Waals surface area contributed by atoms with Crippen molar-refractivity contribution in [2.24, 2.45) is 0 Å². The number of aryl methyl sites for hydroxylation is 1. The molecule has 92 valence electrons. The summed E-state index contributed by atoms with van der Waals surface area (Å²) in [6, 6.07) is 3.41. The van der Waals surface area contributed by atoms with Crippen LogP contribution in [0.25, 0.3) is 0 Å². The largest absolute Gasteiger partial charge is 0.456 e. The Bertz CT molecular complexity index is 440. The molecule has 0 spiro atoms. The topological polar surface area (TPSA) is 87.6 Å². The Kier molecular flexibility index (Phi) is 3.19. The van der Waals surface area contributed by atoms with Crippen LogP contribution in [-0.2, 0) is 9.47 Å². The van der Waals surface area contributed by atoms with Gasteiger partial charge in [0.25, 0.3) is 0 Å². The highest BCUT2D eigenvalue weighted by Crippen LogP contribution is 2.24. The molecule has 5 heteroatoms. The fraction of sp³-hybridized carbons (Fsp3) is 0.417. The van der Waals surface area contributed by atoms with Gasteiger partial charge < -0.3 is 20.9 Å². The van der Waals surface area contributed by atoms with E-state index in [0.29, 0.717) is 24.5 Å². The second kappa shape index (κ2) is 4.63. The third-order valence-electron chi connectivity index (χ3n) is 2.74. The SMILES string of the molecule is Cc1cc(N)c(N)c(C(=O)OC2CCOC2)c1. The summed E-state index contributed by atoms with van der Waals surface area (Å²) < 4.78 is 10.4. The van der Waals surface area contributed by atoms with Gasteiger partial charge in [-0.15, -0.1) is 0 Å². The molecule has 0 saturated carbocycles. The van der Waals surface area contributed by atoms with Crippen LogP contribution in [0.5, 0.6) is 0 Å². The second-order valence-electron chi connectivity index (χ2n) is 4.21. The molecule has 0 radical (unpaired) electrons. The predicted molar refractivity (Wildman–Crippen MR) is 64.6 cm³/mol. The monoisotopic (exact) mass is 236 g/mol. The Labute approximate surface area is 99.7 Å². The summed E-state index contributed by atoms with van der Waals surface area (Å²) in [5.74, 6) is -0.437. The number of ether oxygens (including phenoxy) is 2. The van der Waals surface area contributed by atoms with Gasteiger partial charge in [0.05, 0.1) is 30.2 Å². The number of nitrogen functional groups attached to an aromatic ring is 2. The maximum absolute atomic E-state index is 11.9. The van der Waals surface area contributed by atoms with Crippen molar-refractivity contribution in [1.29, 1.82) is 0 Å². The summed E-state index contributed by atoms with van der Waals surface area (Å²) in [5, 5.41) is 0. The first-order valence-electron chi connectivity index (χ1n) is 5.52. The molecule has 1 atom stereocenters. The van der Waals surface area contributed by atoms with E-state index >= 15 is 0 Å². The fourth-order valence-corrected chi connectivity index (χ4v) is 1.82. The third kappa shape index (κ3) is 2.50. The smallest absolute Gasteiger partial charge is 0.340 e. The molecule has 0 aromatic heterocycles. The molecule has 1 fully saturated rings. The minimum atomic E-state index is -0.437. The van der Waals surface area contributed by atoms with Gasteiger partial charge in [-0.2, -0.15) is 0 Å². The molecule has 5 nitrogen and oxygen atoms in total. The van der Waals surface area contributed by atoms with E-state index in [1.165, 1.54) is 0 Å². The summed E-state index contributed by atoms with van der Waals surface area (Å²) in [6.45, 7) is 2.93. The zero-order chi connectivity index (χ0) is 12.4. The molecule has 2 rings (SSSR count). The third-order valence-corrected chi connectivity index (χ3v) is 2.74. The van der Waals surface area contributed by atoms with Crippen molar-refractivity contribution in [3.05, 3.63) is 23.3 Å². The van der Waals surface area contributed by atoms with Crippen molar-refractivity contribution >= 4 is 17.3 Å². The van der Waals surface area contributed by atoms with Crippen molar-refractivity contribution < 1.29 is 14.3 Å².